The number of hydrogen-bond acceptors (Lipinski definition) is 3. The van der Waals surface area contributed by atoms with Crippen molar-refractivity contribution in [2.24, 2.45) is 0 Å². The van der Waals surface area contributed by atoms with E-state index in [2.05, 4.69) is 0 Å². The molecule has 1 unspecified atom stereocenters. The van der Waals surface area contributed by atoms with Gasteiger partial charge >= 0.3 is 0 Å². The zero-order valence-electron chi connectivity index (χ0n) is 6.84. The number of benzene rings is 1. The quantitative estimate of drug-likeness (QED) is 0.474. The molecule has 0 radical (unpaired) electrons. The van der Waals surface area contributed by atoms with Crippen LogP contribution in [0.25, 0.3) is 0 Å². The van der Waals surface area contributed by atoms with Crippen LogP contribution in [0.2, 0.25) is 0 Å². The van der Waals surface area contributed by atoms with E-state index < -0.39 is 27.6 Å². The van der Waals surface area contributed by atoms with Crippen LogP contribution in [0.4, 0.5) is 10.1 Å². The fraction of sp³-hybridized carbons (Fsp3) is 0.143. The minimum Gasteiger partial charge on any atom is -0.306 e. The Morgan fingerprint density at radius 1 is 1.57 bits per heavy atom. The number of nitrogens with zero attached hydrogens (tertiary/aromatic N) is 1. The summed E-state index contributed by atoms with van der Waals surface area (Å²) in [4.78, 5) is 9.70. The summed E-state index contributed by atoms with van der Waals surface area (Å²) in [5, 5.41) is 10.4. The maximum atomic E-state index is 12.7. The van der Waals surface area contributed by atoms with Gasteiger partial charge in [0.15, 0.2) is 11.1 Å². The average molecular weight is 219 g/mol. The standard InChI is InChI=1S/C7H6FNO4S/c8-6-1-2-7(9(10)11)5(3-6)4-14(12)13/h1-3H,4H2,(H,12,13). The SMILES string of the molecule is O=[N+]([O-])c1ccc(F)cc1CS(=O)O. The zero-order chi connectivity index (χ0) is 10.7. The molecule has 1 aromatic rings. The highest BCUT2D eigenvalue weighted by Gasteiger charge is 2.15. The molecule has 0 heterocycles. The van der Waals surface area contributed by atoms with Crippen LogP contribution >= 0.6 is 0 Å². The van der Waals surface area contributed by atoms with E-state index in [0.29, 0.717) is 0 Å². The lowest BCUT2D eigenvalue weighted by atomic mass is 10.2. The Bertz CT molecular complexity index is 395. The predicted molar refractivity (Wildman–Crippen MR) is 47.5 cm³/mol. The largest absolute Gasteiger partial charge is 0.306 e. The van der Waals surface area contributed by atoms with Gasteiger partial charge in [-0.1, -0.05) is 0 Å². The van der Waals surface area contributed by atoms with E-state index in [1.807, 2.05) is 0 Å². The van der Waals surface area contributed by atoms with Gasteiger partial charge in [-0.2, -0.15) is 0 Å². The van der Waals surface area contributed by atoms with Gasteiger partial charge in [0.2, 0.25) is 0 Å². The molecule has 0 bridgehead atoms. The first-order chi connectivity index (χ1) is 6.50. The molecule has 0 aliphatic rings. The molecular weight excluding hydrogens is 213 g/mol. The highest BCUT2D eigenvalue weighted by molar-refractivity contribution is 7.78. The maximum Gasteiger partial charge on any atom is 0.273 e. The molecule has 1 rings (SSSR count). The van der Waals surface area contributed by atoms with Crippen molar-refractivity contribution in [1.29, 1.82) is 0 Å². The van der Waals surface area contributed by atoms with Crippen LogP contribution in [-0.2, 0) is 16.8 Å². The van der Waals surface area contributed by atoms with E-state index >= 15 is 0 Å². The topological polar surface area (TPSA) is 80.4 Å². The van der Waals surface area contributed by atoms with E-state index in [9.17, 15) is 18.7 Å². The summed E-state index contributed by atoms with van der Waals surface area (Å²) in [6.45, 7) is 0. The van der Waals surface area contributed by atoms with Crippen LogP contribution in [0.15, 0.2) is 18.2 Å². The molecule has 0 saturated carbocycles. The molecule has 0 aliphatic carbocycles. The van der Waals surface area contributed by atoms with Crippen molar-refractivity contribution >= 4 is 16.8 Å². The molecule has 0 aliphatic heterocycles. The molecule has 14 heavy (non-hydrogen) atoms. The third-order valence-electron chi connectivity index (χ3n) is 1.52. The zero-order valence-corrected chi connectivity index (χ0v) is 7.66. The molecule has 0 fully saturated rings. The number of hydrogen-bond donors (Lipinski definition) is 1. The number of halogens is 1. The third kappa shape index (κ3) is 2.57. The van der Waals surface area contributed by atoms with Crippen molar-refractivity contribution in [3.05, 3.63) is 39.7 Å². The van der Waals surface area contributed by atoms with Crippen LogP contribution in [0.3, 0.4) is 0 Å². The van der Waals surface area contributed by atoms with Crippen molar-refractivity contribution in [3.63, 3.8) is 0 Å². The van der Waals surface area contributed by atoms with Crippen molar-refractivity contribution in [2.45, 2.75) is 5.75 Å². The van der Waals surface area contributed by atoms with E-state index in [4.69, 9.17) is 4.55 Å². The maximum absolute atomic E-state index is 12.7. The van der Waals surface area contributed by atoms with Crippen LogP contribution < -0.4 is 0 Å². The molecule has 0 amide bonds. The van der Waals surface area contributed by atoms with Crippen molar-refractivity contribution in [2.75, 3.05) is 0 Å². The van der Waals surface area contributed by atoms with Gasteiger partial charge in [0.1, 0.15) is 5.82 Å². The summed E-state index contributed by atoms with van der Waals surface area (Å²) in [6.07, 6.45) is 0. The van der Waals surface area contributed by atoms with E-state index in [0.717, 1.165) is 18.2 Å². The van der Waals surface area contributed by atoms with Crippen LogP contribution in [0.1, 0.15) is 5.56 Å². The molecule has 1 N–H and O–H groups in total. The minimum atomic E-state index is -2.22. The number of rotatable bonds is 3. The lowest BCUT2D eigenvalue weighted by molar-refractivity contribution is -0.385. The predicted octanol–water partition coefficient (Wildman–Crippen LogP) is 1.46. The van der Waals surface area contributed by atoms with Crippen molar-refractivity contribution in [1.82, 2.24) is 0 Å². The molecule has 5 nitrogen and oxygen atoms in total. The van der Waals surface area contributed by atoms with Crippen LogP contribution in [-0.4, -0.2) is 13.7 Å². The lowest BCUT2D eigenvalue weighted by Gasteiger charge is -1.99. The second-order valence-corrected chi connectivity index (χ2v) is 3.43. The van der Waals surface area contributed by atoms with E-state index in [1.54, 1.807) is 0 Å². The van der Waals surface area contributed by atoms with Crippen molar-refractivity contribution in [3.8, 4) is 0 Å². The minimum absolute atomic E-state index is 0.0872. The fourth-order valence-corrected chi connectivity index (χ4v) is 1.48. The summed E-state index contributed by atoms with van der Waals surface area (Å²) in [5.74, 6) is -1.12. The van der Waals surface area contributed by atoms with Gasteiger partial charge in [0, 0.05) is 11.6 Å². The Morgan fingerprint density at radius 3 is 2.71 bits per heavy atom. The summed E-state index contributed by atoms with van der Waals surface area (Å²) >= 11 is -2.22. The normalized spacial score (nSPS) is 12.4. The Hall–Kier alpha value is -1.34. The Balaban J connectivity index is 3.15. The highest BCUT2D eigenvalue weighted by Crippen LogP contribution is 2.20. The highest BCUT2D eigenvalue weighted by atomic mass is 32.2. The molecule has 7 heteroatoms. The monoisotopic (exact) mass is 219 g/mol. The molecule has 0 saturated heterocycles. The van der Waals surface area contributed by atoms with Gasteiger partial charge in [-0.15, -0.1) is 0 Å². The second kappa shape index (κ2) is 4.25. The first-order valence-electron chi connectivity index (χ1n) is 3.51. The summed E-state index contributed by atoms with van der Waals surface area (Å²) < 4.78 is 31.6. The van der Waals surface area contributed by atoms with Gasteiger partial charge in [0.05, 0.1) is 10.7 Å². The Kier molecular flexibility index (Phi) is 3.26. The molecule has 1 atom stereocenters. The molecule has 76 valence electrons. The van der Waals surface area contributed by atoms with Gasteiger partial charge in [0.25, 0.3) is 5.69 Å². The third-order valence-corrected chi connectivity index (χ3v) is 2.08. The van der Waals surface area contributed by atoms with Gasteiger partial charge in [-0.3, -0.25) is 10.1 Å². The van der Waals surface area contributed by atoms with Gasteiger partial charge in [-0.05, 0) is 12.1 Å². The van der Waals surface area contributed by atoms with Crippen LogP contribution in [0.5, 0.6) is 0 Å². The summed E-state index contributed by atoms with van der Waals surface area (Å²) in [5.41, 5.74) is -0.440. The smallest absolute Gasteiger partial charge is 0.273 e. The lowest BCUT2D eigenvalue weighted by Crippen LogP contribution is -1.99. The molecule has 0 aromatic heterocycles. The fourth-order valence-electron chi connectivity index (χ4n) is 0.981. The first-order valence-corrected chi connectivity index (χ1v) is 4.78. The second-order valence-electron chi connectivity index (χ2n) is 2.50. The average Bonchev–Trinajstić information content (AvgIpc) is 2.01. The first kappa shape index (κ1) is 10.7. The summed E-state index contributed by atoms with van der Waals surface area (Å²) in [7, 11) is 0. The molecule has 0 spiro atoms. The Labute approximate surface area is 81.0 Å². The number of nitro benzene ring substituents is 1. The van der Waals surface area contributed by atoms with Gasteiger partial charge in [-0.25, -0.2) is 8.60 Å². The van der Waals surface area contributed by atoms with E-state index in [-0.39, 0.29) is 11.3 Å². The number of nitro groups is 1. The van der Waals surface area contributed by atoms with Gasteiger partial charge < -0.3 is 4.55 Å². The Morgan fingerprint density at radius 2 is 2.21 bits per heavy atom. The summed E-state index contributed by atoms with van der Waals surface area (Å²) in [6, 6.07) is 2.78. The molecule has 1 aromatic carbocycles. The van der Waals surface area contributed by atoms with Crippen LogP contribution in [0, 0.1) is 15.9 Å². The van der Waals surface area contributed by atoms with E-state index in [1.165, 1.54) is 0 Å². The molecular formula is C7H6FNO4S. The van der Waals surface area contributed by atoms with Crippen molar-refractivity contribution < 1.29 is 18.1 Å².